The van der Waals surface area contributed by atoms with Gasteiger partial charge >= 0.3 is 0 Å². The van der Waals surface area contributed by atoms with E-state index in [0.717, 1.165) is 25.7 Å². The average molecular weight is 282 g/mol. The monoisotopic (exact) mass is 282 g/mol. The van der Waals surface area contributed by atoms with Crippen molar-refractivity contribution in [2.75, 3.05) is 6.54 Å². The van der Waals surface area contributed by atoms with Crippen LogP contribution in [0.15, 0.2) is 0 Å². The Morgan fingerprint density at radius 1 is 1.15 bits per heavy atom. The first-order valence-electron chi connectivity index (χ1n) is 8.04. The van der Waals surface area contributed by atoms with Crippen molar-refractivity contribution < 1.29 is 9.59 Å². The summed E-state index contributed by atoms with van der Waals surface area (Å²) in [6, 6.07) is -0.649. The molecule has 0 aromatic rings. The maximum Gasteiger partial charge on any atom is 0.246 e. The van der Waals surface area contributed by atoms with Crippen molar-refractivity contribution in [2.24, 2.45) is 11.8 Å². The largest absolute Gasteiger partial charge is 0.342 e. The second-order valence-corrected chi connectivity index (χ2v) is 6.30. The van der Waals surface area contributed by atoms with E-state index in [1.165, 1.54) is 0 Å². The van der Waals surface area contributed by atoms with Gasteiger partial charge in [-0.1, -0.05) is 53.9 Å². The van der Waals surface area contributed by atoms with Crippen LogP contribution in [0.4, 0.5) is 0 Å². The van der Waals surface area contributed by atoms with Gasteiger partial charge in [0.1, 0.15) is 12.1 Å². The number of carbonyl (C=O) groups excluding carboxylic acids is 2. The highest BCUT2D eigenvalue weighted by atomic mass is 16.2. The summed E-state index contributed by atoms with van der Waals surface area (Å²) in [7, 11) is 0. The van der Waals surface area contributed by atoms with E-state index in [9.17, 15) is 9.59 Å². The number of amides is 2. The molecule has 3 unspecified atom stereocenters. The van der Waals surface area contributed by atoms with E-state index in [-0.39, 0.29) is 35.7 Å². The lowest BCUT2D eigenvalue weighted by Gasteiger charge is -2.42. The van der Waals surface area contributed by atoms with Crippen molar-refractivity contribution in [1.82, 2.24) is 10.2 Å². The maximum atomic E-state index is 12.6. The molecular weight excluding hydrogens is 252 g/mol. The summed E-state index contributed by atoms with van der Waals surface area (Å²) in [5.41, 5.74) is 0. The second-order valence-electron chi connectivity index (χ2n) is 6.30. The first-order valence-corrected chi connectivity index (χ1v) is 8.04. The highest BCUT2D eigenvalue weighted by Gasteiger charge is 2.43. The van der Waals surface area contributed by atoms with Crippen LogP contribution in [-0.4, -0.2) is 35.3 Å². The Hall–Kier alpha value is -1.06. The predicted octanol–water partition coefficient (Wildman–Crippen LogP) is 2.57. The van der Waals surface area contributed by atoms with Crippen molar-refractivity contribution in [3.8, 4) is 0 Å². The third-order valence-electron chi connectivity index (χ3n) is 4.30. The highest BCUT2D eigenvalue weighted by Crippen LogP contribution is 2.23. The molecule has 0 aliphatic carbocycles. The molecule has 20 heavy (non-hydrogen) atoms. The zero-order chi connectivity index (χ0) is 15.3. The molecule has 0 radical (unpaired) electrons. The van der Waals surface area contributed by atoms with Gasteiger partial charge in [0, 0.05) is 6.54 Å². The Kier molecular flexibility index (Phi) is 6.50. The van der Waals surface area contributed by atoms with Crippen molar-refractivity contribution in [2.45, 2.75) is 72.4 Å². The predicted molar refractivity (Wildman–Crippen MR) is 81.2 cm³/mol. The molecule has 1 heterocycles. The minimum atomic E-state index is -0.357. The second kappa shape index (κ2) is 7.65. The summed E-state index contributed by atoms with van der Waals surface area (Å²) in [5, 5.41) is 2.92. The summed E-state index contributed by atoms with van der Waals surface area (Å²) >= 11 is 0. The Labute approximate surface area is 123 Å². The average Bonchev–Trinajstić information content (AvgIpc) is 2.41. The topological polar surface area (TPSA) is 49.4 Å². The minimum absolute atomic E-state index is 0.0224. The number of nitrogens with one attached hydrogen (secondary N) is 1. The Morgan fingerprint density at radius 2 is 1.80 bits per heavy atom. The molecule has 0 bridgehead atoms. The molecule has 4 nitrogen and oxygen atoms in total. The van der Waals surface area contributed by atoms with Gasteiger partial charge in [0.2, 0.25) is 11.8 Å². The van der Waals surface area contributed by atoms with E-state index in [4.69, 9.17) is 0 Å². The normalized spacial score (nSPS) is 25.0. The van der Waals surface area contributed by atoms with Gasteiger partial charge in [0.25, 0.3) is 0 Å². The third kappa shape index (κ3) is 3.74. The van der Waals surface area contributed by atoms with Crippen LogP contribution in [0, 0.1) is 11.8 Å². The van der Waals surface area contributed by atoms with Crippen LogP contribution in [0.5, 0.6) is 0 Å². The minimum Gasteiger partial charge on any atom is -0.342 e. The first-order chi connectivity index (χ1) is 9.43. The van der Waals surface area contributed by atoms with Crippen LogP contribution in [0.1, 0.15) is 60.3 Å². The molecule has 116 valence electrons. The zero-order valence-electron chi connectivity index (χ0n) is 13.6. The van der Waals surface area contributed by atoms with Gasteiger partial charge in [0.05, 0.1) is 0 Å². The molecule has 0 saturated carbocycles. The molecule has 0 spiro atoms. The molecule has 1 aliphatic rings. The summed E-state index contributed by atoms with van der Waals surface area (Å²) in [4.78, 5) is 26.9. The van der Waals surface area contributed by atoms with Gasteiger partial charge in [-0.05, 0) is 18.3 Å². The number of unbranched alkanes of at least 4 members (excludes halogenated alkanes) is 2. The highest BCUT2D eigenvalue weighted by molar-refractivity contribution is 5.97. The van der Waals surface area contributed by atoms with E-state index in [1.54, 1.807) is 0 Å². The van der Waals surface area contributed by atoms with Gasteiger partial charge in [-0.2, -0.15) is 0 Å². The third-order valence-corrected chi connectivity index (χ3v) is 4.30. The SMILES string of the molecule is CCCCCN1C(=O)C(C(C)C)NC(=O)C1C(C)CC. The van der Waals surface area contributed by atoms with Gasteiger partial charge in [-0.3, -0.25) is 9.59 Å². The fourth-order valence-corrected chi connectivity index (χ4v) is 2.78. The molecule has 0 aromatic heterocycles. The van der Waals surface area contributed by atoms with Crippen LogP contribution in [0.2, 0.25) is 0 Å². The van der Waals surface area contributed by atoms with Crippen LogP contribution < -0.4 is 5.32 Å². The molecule has 1 aliphatic heterocycles. The summed E-state index contributed by atoms with van der Waals surface area (Å²) in [6.45, 7) is 10.9. The van der Waals surface area contributed by atoms with Gasteiger partial charge in [-0.15, -0.1) is 0 Å². The van der Waals surface area contributed by atoms with Crippen LogP contribution >= 0.6 is 0 Å². The molecule has 0 aromatic carbocycles. The maximum absolute atomic E-state index is 12.6. The number of rotatable bonds is 7. The Balaban J connectivity index is 2.91. The van der Waals surface area contributed by atoms with Crippen molar-refractivity contribution in [3.63, 3.8) is 0 Å². The van der Waals surface area contributed by atoms with Gasteiger partial charge < -0.3 is 10.2 Å². The van der Waals surface area contributed by atoms with Crippen molar-refractivity contribution in [1.29, 1.82) is 0 Å². The summed E-state index contributed by atoms with van der Waals surface area (Å²) < 4.78 is 0. The van der Waals surface area contributed by atoms with Gasteiger partial charge in [-0.25, -0.2) is 0 Å². The lowest BCUT2D eigenvalue weighted by Crippen LogP contribution is -2.66. The standard InChI is InChI=1S/C16H30N2O2/c1-6-8-9-10-18-14(12(5)7-2)15(19)17-13(11(3)4)16(18)20/h11-14H,6-10H2,1-5H3,(H,17,19). The number of hydrogen-bond acceptors (Lipinski definition) is 2. The van der Waals surface area contributed by atoms with Crippen LogP contribution in [0.3, 0.4) is 0 Å². The van der Waals surface area contributed by atoms with Crippen molar-refractivity contribution in [3.05, 3.63) is 0 Å². The summed E-state index contributed by atoms with van der Waals surface area (Å²) in [5.74, 6) is 0.460. The quantitative estimate of drug-likeness (QED) is 0.730. The van der Waals surface area contributed by atoms with Crippen molar-refractivity contribution >= 4 is 11.8 Å². The molecule has 4 heteroatoms. The number of nitrogens with zero attached hydrogens (tertiary/aromatic N) is 1. The molecule has 1 fully saturated rings. The van der Waals surface area contributed by atoms with E-state index in [2.05, 4.69) is 26.1 Å². The summed E-state index contributed by atoms with van der Waals surface area (Å²) in [6.07, 6.45) is 4.11. The molecule has 1 saturated heterocycles. The van der Waals surface area contributed by atoms with E-state index < -0.39 is 0 Å². The molecule has 1 N–H and O–H groups in total. The van der Waals surface area contributed by atoms with E-state index in [0.29, 0.717) is 6.54 Å². The fourth-order valence-electron chi connectivity index (χ4n) is 2.78. The molecule has 2 amide bonds. The lowest BCUT2D eigenvalue weighted by atomic mass is 9.90. The lowest BCUT2D eigenvalue weighted by molar-refractivity contribution is -0.152. The fraction of sp³-hybridized carbons (Fsp3) is 0.875. The number of carbonyl (C=O) groups is 2. The van der Waals surface area contributed by atoms with E-state index >= 15 is 0 Å². The number of piperazine rings is 1. The van der Waals surface area contributed by atoms with Gasteiger partial charge in [0.15, 0.2) is 0 Å². The number of hydrogen-bond donors (Lipinski definition) is 1. The van der Waals surface area contributed by atoms with Crippen LogP contribution in [0.25, 0.3) is 0 Å². The Bertz CT molecular complexity index is 341. The van der Waals surface area contributed by atoms with E-state index in [1.807, 2.05) is 18.7 Å². The molecule has 1 rings (SSSR count). The van der Waals surface area contributed by atoms with Crippen LogP contribution in [-0.2, 0) is 9.59 Å². The smallest absolute Gasteiger partial charge is 0.246 e. The molecular formula is C16H30N2O2. The Morgan fingerprint density at radius 3 is 2.30 bits per heavy atom. The molecule has 3 atom stereocenters. The first kappa shape index (κ1) is 17.0. The zero-order valence-corrected chi connectivity index (χ0v) is 13.6.